The van der Waals surface area contributed by atoms with E-state index in [4.69, 9.17) is 4.74 Å². The van der Waals surface area contributed by atoms with Crippen LogP contribution in [0.2, 0.25) is 0 Å². The molecule has 19 heavy (non-hydrogen) atoms. The number of hydrogen-bond donors (Lipinski definition) is 1. The summed E-state index contributed by atoms with van der Waals surface area (Å²) < 4.78 is 7.46. The molecule has 1 aliphatic rings. The van der Waals surface area contributed by atoms with E-state index in [9.17, 15) is 0 Å². The highest BCUT2D eigenvalue weighted by Gasteiger charge is 2.26. The van der Waals surface area contributed by atoms with Gasteiger partial charge in [-0.15, -0.1) is 10.2 Å². The first-order chi connectivity index (χ1) is 9.40. The van der Waals surface area contributed by atoms with Gasteiger partial charge in [0.1, 0.15) is 6.33 Å². The largest absolute Gasteiger partial charge is 0.377 e. The summed E-state index contributed by atoms with van der Waals surface area (Å²) in [6, 6.07) is 0.282. The van der Waals surface area contributed by atoms with Crippen LogP contribution in [0.3, 0.4) is 0 Å². The minimum atomic E-state index is 0.282. The topological polar surface area (TPSA) is 67.6 Å². The van der Waals surface area contributed by atoms with Gasteiger partial charge in [-0.05, 0) is 6.54 Å². The Hall–Kier alpha value is -1.73. The number of anilines is 1. The van der Waals surface area contributed by atoms with Crippen LogP contribution in [0.5, 0.6) is 0 Å². The Morgan fingerprint density at radius 1 is 1.53 bits per heavy atom. The number of aromatic nitrogens is 4. The Kier molecular flexibility index (Phi) is 3.56. The Morgan fingerprint density at radius 2 is 2.47 bits per heavy atom. The lowest BCUT2D eigenvalue weighted by Gasteiger charge is -2.36. The highest BCUT2D eigenvalue weighted by atomic mass is 16.5. The zero-order valence-corrected chi connectivity index (χ0v) is 11.0. The van der Waals surface area contributed by atoms with E-state index in [2.05, 4.69) is 32.3 Å². The van der Waals surface area contributed by atoms with Crippen LogP contribution >= 0.6 is 0 Å². The first kappa shape index (κ1) is 12.3. The van der Waals surface area contributed by atoms with Crippen molar-refractivity contribution < 1.29 is 4.74 Å². The fourth-order valence-corrected chi connectivity index (χ4v) is 2.36. The van der Waals surface area contributed by atoms with Crippen LogP contribution in [0.1, 0.15) is 6.92 Å². The first-order valence-electron chi connectivity index (χ1n) is 6.59. The predicted octanol–water partition coefficient (Wildman–Crippen LogP) is -0.0610. The van der Waals surface area contributed by atoms with E-state index in [0.717, 1.165) is 37.7 Å². The summed E-state index contributed by atoms with van der Waals surface area (Å²) in [5.74, 6) is 0.881. The van der Waals surface area contributed by atoms with Crippen LogP contribution < -0.4 is 10.2 Å². The number of rotatable bonds is 4. The van der Waals surface area contributed by atoms with E-state index in [1.807, 2.05) is 10.6 Å². The normalized spacial score (nSPS) is 20.1. The van der Waals surface area contributed by atoms with Crippen molar-refractivity contribution in [3.63, 3.8) is 0 Å². The highest BCUT2D eigenvalue weighted by molar-refractivity contribution is 5.64. The molecule has 1 unspecified atom stereocenters. The van der Waals surface area contributed by atoms with Crippen LogP contribution in [0.25, 0.3) is 5.65 Å². The second-order valence-corrected chi connectivity index (χ2v) is 4.54. The maximum Gasteiger partial charge on any atom is 0.203 e. The van der Waals surface area contributed by atoms with Gasteiger partial charge in [0.15, 0.2) is 5.82 Å². The van der Waals surface area contributed by atoms with Gasteiger partial charge < -0.3 is 15.0 Å². The fraction of sp³-hybridized carbons (Fsp3) is 0.583. The first-order valence-corrected chi connectivity index (χ1v) is 6.59. The average Bonchev–Trinajstić information content (AvgIpc) is 2.94. The second-order valence-electron chi connectivity index (χ2n) is 4.54. The molecule has 102 valence electrons. The maximum atomic E-state index is 5.57. The quantitative estimate of drug-likeness (QED) is 0.832. The van der Waals surface area contributed by atoms with Crippen molar-refractivity contribution >= 4 is 11.5 Å². The molecule has 1 aliphatic heterocycles. The molecule has 7 heteroatoms. The second kappa shape index (κ2) is 5.50. The third kappa shape index (κ3) is 2.39. The van der Waals surface area contributed by atoms with E-state index in [-0.39, 0.29) is 6.04 Å². The van der Waals surface area contributed by atoms with Crippen molar-refractivity contribution in [2.75, 3.05) is 37.7 Å². The zero-order chi connectivity index (χ0) is 13.1. The molecule has 1 fully saturated rings. The number of nitrogens with one attached hydrogen (secondary N) is 1. The van der Waals surface area contributed by atoms with Crippen molar-refractivity contribution in [1.82, 2.24) is 24.9 Å². The third-order valence-corrected chi connectivity index (χ3v) is 3.33. The maximum absolute atomic E-state index is 5.57. The minimum absolute atomic E-state index is 0.282. The van der Waals surface area contributed by atoms with E-state index in [1.54, 1.807) is 12.5 Å². The number of fused-ring (bicyclic) bond motifs is 1. The monoisotopic (exact) mass is 262 g/mol. The molecular weight excluding hydrogens is 244 g/mol. The predicted molar refractivity (Wildman–Crippen MR) is 71.3 cm³/mol. The molecule has 0 aromatic carbocycles. The summed E-state index contributed by atoms with van der Waals surface area (Å²) in [5.41, 5.74) is 0.797. The Morgan fingerprint density at radius 3 is 3.37 bits per heavy atom. The molecule has 3 rings (SSSR count). The average molecular weight is 262 g/mol. The van der Waals surface area contributed by atoms with Crippen LogP contribution in [-0.4, -0.2) is 58.5 Å². The zero-order valence-electron chi connectivity index (χ0n) is 11.0. The van der Waals surface area contributed by atoms with Gasteiger partial charge in [0.2, 0.25) is 5.65 Å². The molecule has 0 bridgehead atoms. The van der Waals surface area contributed by atoms with Crippen LogP contribution in [0, 0.1) is 0 Å². The van der Waals surface area contributed by atoms with Gasteiger partial charge in [0, 0.05) is 25.5 Å². The summed E-state index contributed by atoms with van der Waals surface area (Å²) >= 11 is 0. The summed E-state index contributed by atoms with van der Waals surface area (Å²) in [5, 5.41) is 11.5. The number of hydrogen-bond acceptors (Lipinski definition) is 6. The summed E-state index contributed by atoms with van der Waals surface area (Å²) in [6.07, 6.45) is 5.34. The van der Waals surface area contributed by atoms with E-state index < -0.39 is 0 Å². The smallest absolute Gasteiger partial charge is 0.203 e. The molecule has 2 aromatic heterocycles. The minimum Gasteiger partial charge on any atom is -0.377 e. The summed E-state index contributed by atoms with van der Waals surface area (Å²) in [4.78, 5) is 6.74. The highest BCUT2D eigenvalue weighted by Crippen LogP contribution is 2.20. The van der Waals surface area contributed by atoms with Crippen LogP contribution in [-0.2, 0) is 4.74 Å². The molecular formula is C12H18N6O. The van der Waals surface area contributed by atoms with Crippen molar-refractivity contribution in [3.8, 4) is 0 Å². The number of likely N-dealkylation sites (N-methyl/N-ethyl adjacent to an activating group) is 1. The van der Waals surface area contributed by atoms with Gasteiger partial charge >= 0.3 is 0 Å². The van der Waals surface area contributed by atoms with Gasteiger partial charge in [-0.1, -0.05) is 6.92 Å². The van der Waals surface area contributed by atoms with Crippen molar-refractivity contribution in [1.29, 1.82) is 0 Å². The van der Waals surface area contributed by atoms with Crippen LogP contribution in [0.15, 0.2) is 18.7 Å². The lowest BCUT2D eigenvalue weighted by atomic mass is 10.2. The molecule has 0 aliphatic carbocycles. The van der Waals surface area contributed by atoms with Crippen molar-refractivity contribution in [2.45, 2.75) is 13.0 Å². The molecule has 3 heterocycles. The lowest BCUT2D eigenvalue weighted by Crippen LogP contribution is -2.51. The number of morpholine rings is 1. The SMILES string of the molecule is CCNCC1COCCN1c1nccn2cnnc12. The van der Waals surface area contributed by atoms with Crippen molar-refractivity contribution in [3.05, 3.63) is 18.7 Å². The molecule has 0 saturated carbocycles. The van der Waals surface area contributed by atoms with Gasteiger partial charge in [-0.25, -0.2) is 4.98 Å². The third-order valence-electron chi connectivity index (χ3n) is 3.33. The lowest BCUT2D eigenvalue weighted by molar-refractivity contribution is 0.0936. The van der Waals surface area contributed by atoms with Crippen molar-refractivity contribution in [2.24, 2.45) is 0 Å². The molecule has 0 spiro atoms. The van der Waals surface area contributed by atoms with E-state index >= 15 is 0 Å². The van der Waals surface area contributed by atoms with E-state index in [1.165, 1.54) is 0 Å². The van der Waals surface area contributed by atoms with Gasteiger partial charge in [0.05, 0.1) is 19.3 Å². The number of nitrogens with zero attached hydrogens (tertiary/aromatic N) is 5. The molecule has 7 nitrogen and oxygen atoms in total. The van der Waals surface area contributed by atoms with Gasteiger partial charge in [0.25, 0.3) is 0 Å². The fourth-order valence-electron chi connectivity index (χ4n) is 2.36. The molecule has 2 aromatic rings. The van der Waals surface area contributed by atoms with Crippen LogP contribution in [0.4, 0.5) is 5.82 Å². The molecule has 0 radical (unpaired) electrons. The Balaban J connectivity index is 1.91. The summed E-state index contributed by atoms with van der Waals surface area (Å²) in [6.45, 7) is 6.20. The standard InChI is InChI=1S/C12H18N6O/c1-2-13-7-10-8-19-6-5-18(10)11-12-16-15-9-17(12)4-3-14-11/h3-4,9-10,13H,2,5-8H2,1H3. The Bertz CT molecular complexity index is 542. The van der Waals surface area contributed by atoms with Gasteiger partial charge in [-0.2, -0.15) is 0 Å². The molecule has 1 N–H and O–H groups in total. The number of ether oxygens (including phenoxy) is 1. The van der Waals surface area contributed by atoms with Gasteiger partial charge in [-0.3, -0.25) is 4.40 Å². The molecule has 1 saturated heterocycles. The Labute approximate surface area is 111 Å². The molecule has 1 atom stereocenters. The molecule has 0 amide bonds. The summed E-state index contributed by atoms with van der Waals surface area (Å²) in [7, 11) is 0. The van der Waals surface area contributed by atoms with E-state index in [0.29, 0.717) is 6.61 Å².